The molecule has 0 rings (SSSR count). The zero-order valence-electron chi connectivity index (χ0n) is 12.5. The predicted octanol–water partition coefficient (Wildman–Crippen LogP) is 4.94. The minimum absolute atomic E-state index is 0.456. The van der Waals surface area contributed by atoms with Crippen molar-refractivity contribution in [3.05, 3.63) is 11.6 Å². The van der Waals surface area contributed by atoms with Gasteiger partial charge in [-0.3, -0.25) is 0 Å². The number of rotatable bonds is 10. The molecule has 0 radical (unpaired) electrons. The van der Waals surface area contributed by atoms with Gasteiger partial charge in [-0.25, -0.2) is 4.79 Å². The Bertz CT molecular complexity index is 318. The molecule has 0 heterocycles. The first-order chi connectivity index (χ1) is 9.22. The summed E-state index contributed by atoms with van der Waals surface area (Å²) in [5.41, 5.74) is 0.456. The van der Waals surface area contributed by atoms with Gasteiger partial charge in [0.2, 0.25) is 0 Å². The molecule has 1 N–H and O–H groups in total. The molecule has 19 heavy (non-hydrogen) atoms. The van der Waals surface area contributed by atoms with Gasteiger partial charge >= 0.3 is 5.97 Å². The lowest BCUT2D eigenvalue weighted by Crippen LogP contribution is -2.00. The number of carbonyl (C=O) groups is 1. The lowest BCUT2D eigenvalue weighted by Gasteiger charge is -2.00. The number of hydrogen-bond acceptors (Lipinski definition) is 1. The van der Waals surface area contributed by atoms with Gasteiger partial charge in [-0.1, -0.05) is 64.2 Å². The smallest absolute Gasteiger partial charge is 0.332 e. The molecule has 0 saturated carbocycles. The summed E-state index contributed by atoms with van der Waals surface area (Å²) in [5.74, 6) is 5.11. The van der Waals surface area contributed by atoms with Crippen molar-refractivity contribution in [1.29, 1.82) is 0 Å². The average Bonchev–Trinajstić information content (AvgIpc) is 2.39. The summed E-state index contributed by atoms with van der Waals surface area (Å²) in [6.45, 7) is 4.34. The molecule has 0 bridgehead atoms. The number of carboxylic acids is 1. The van der Waals surface area contributed by atoms with Gasteiger partial charge in [-0.2, -0.15) is 0 Å². The second kappa shape index (κ2) is 13.2. The molecule has 0 unspecified atom stereocenters. The number of hydrogen-bond donors (Lipinski definition) is 1. The molecule has 0 aromatic heterocycles. The Morgan fingerprint density at radius 3 is 2.21 bits per heavy atom. The summed E-state index contributed by atoms with van der Waals surface area (Å²) in [6.07, 6.45) is 12.3. The first-order valence-electron chi connectivity index (χ1n) is 7.63. The van der Waals surface area contributed by atoms with Gasteiger partial charge in [-0.05, 0) is 25.3 Å². The van der Waals surface area contributed by atoms with Crippen LogP contribution in [-0.4, -0.2) is 11.1 Å². The fourth-order valence-electron chi connectivity index (χ4n) is 1.83. The van der Waals surface area contributed by atoms with Crippen molar-refractivity contribution >= 4 is 5.97 Å². The molecule has 0 aliphatic carbocycles. The Labute approximate surface area is 118 Å². The van der Waals surface area contributed by atoms with Crippen molar-refractivity contribution in [1.82, 2.24) is 0 Å². The summed E-state index contributed by atoms with van der Waals surface area (Å²) in [6, 6.07) is 0. The molecular formula is C17H28O2. The van der Waals surface area contributed by atoms with Gasteiger partial charge < -0.3 is 5.11 Å². The largest absolute Gasteiger partial charge is 0.478 e. The predicted molar refractivity (Wildman–Crippen MR) is 81.0 cm³/mol. The summed E-state index contributed by atoms with van der Waals surface area (Å²) < 4.78 is 0. The van der Waals surface area contributed by atoms with Crippen LogP contribution in [0.15, 0.2) is 11.6 Å². The highest BCUT2D eigenvalue weighted by Gasteiger charge is 2.05. The maximum Gasteiger partial charge on any atom is 0.332 e. The zero-order chi connectivity index (χ0) is 14.3. The number of carboxylic acid groups (broad SMARTS) is 1. The van der Waals surface area contributed by atoms with E-state index in [4.69, 9.17) is 5.11 Å². The minimum atomic E-state index is -0.822. The molecule has 0 saturated heterocycles. The van der Waals surface area contributed by atoms with E-state index in [9.17, 15) is 4.79 Å². The van der Waals surface area contributed by atoms with Gasteiger partial charge in [0, 0.05) is 12.0 Å². The molecule has 0 aliphatic rings. The van der Waals surface area contributed by atoms with Crippen molar-refractivity contribution in [2.75, 3.05) is 0 Å². The van der Waals surface area contributed by atoms with Gasteiger partial charge in [-0.15, -0.1) is 0 Å². The lowest BCUT2D eigenvalue weighted by molar-refractivity contribution is -0.132. The summed E-state index contributed by atoms with van der Waals surface area (Å²) in [4.78, 5) is 11.0. The van der Waals surface area contributed by atoms with Crippen LogP contribution in [0.5, 0.6) is 0 Å². The molecule has 0 aromatic rings. The monoisotopic (exact) mass is 264 g/mol. The van der Waals surface area contributed by atoms with Crippen LogP contribution in [0.2, 0.25) is 0 Å². The fourth-order valence-corrected chi connectivity index (χ4v) is 1.83. The number of aliphatic carboxylic acids is 1. The van der Waals surface area contributed by atoms with Crippen molar-refractivity contribution in [2.45, 2.75) is 78.1 Å². The molecule has 0 amide bonds. The van der Waals surface area contributed by atoms with Gasteiger partial charge in [0.05, 0.1) is 0 Å². The molecule has 108 valence electrons. The highest BCUT2D eigenvalue weighted by atomic mass is 16.4. The second-order valence-electron chi connectivity index (χ2n) is 4.92. The van der Waals surface area contributed by atoms with Crippen LogP contribution in [0.3, 0.4) is 0 Å². The Balaban J connectivity index is 3.98. The van der Waals surface area contributed by atoms with Crippen LogP contribution in [-0.2, 0) is 4.79 Å². The lowest BCUT2D eigenvalue weighted by atomic mass is 10.1. The fraction of sp³-hybridized carbons (Fsp3) is 0.706. The standard InChI is InChI=1S/C17H28O2/c1-3-5-7-9-10-11-13-15-16(17(18)19)14-12-8-6-4-2/h15H,3-10,12,14H2,1-2H3,(H,18,19)/b16-15-. The van der Waals surface area contributed by atoms with Gasteiger partial charge in [0.25, 0.3) is 0 Å². The van der Waals surface area contributed by atoms with E-state index in [1.165, 1.54) is 32.1 Å². The van der Waals surface area contributed by atoms with E-state index in [0.717, 1.165) is 25.7 Å². The molecule has 2 heteroatoms. The van der Waals surface area contributed by atoms with E-state index in [0.29, 0.717) is 12.0 Å². The molecule has 0 atom stereocenters. The van der Waals surface area contributed by atoms with Crippen molar-refractivity contribution in [2.24, 2.45) is 0 Å². The highest BCUT2D eigenvalue weighted by molar-refractivity contribution is 5.87. The minimum Gasteiger partial charge on any atom is -0.478 e. The van der Waals surface area contributed by atoms with Crippen LogP contribution in [0.1, 0.15) is 78.1 Å². The second-order valence-corrected chi connectivity index (χ2v) is 4.92. The maximum atomic E-state index is 11.0. The first-order valence-corrected chi connectivity index (χ1v) is 7.63. The van der Waals surface area contributed by atoms with E-state index < -0.39 is 5.97 Å². The Morgan fingerprint density at radius 2 is 1.63 bits per heavy atom. The third-order valence-electron chi connectivity index (χ3n) is 3.08. The number of unbranched alkanes of at least 4 members (excludes halogenated alkanes) is 7. The SMILES string of the molecule is CCCCCCC#C/C=C(/CCCCCC)C(=O)O. The quantitative estimate of drug-likeness (QED) is 0.344. The molecule has 0 aliphatic heterocycles. The zero-order valence-corrected chi connectivity index (χ0v) is 12.5. The topological polar surface area (TPSA) is 37.3 Å². The van der Waals surface area contributed by atoms with E-state index in [-0.39, 0.29) is 0 Å². The van der Waals surface area contributed by atoms with Crippen LogP contribution in [0, 0.1) is 11.8 Å². The van der Waals surface area contributed by atoms with Crippen LogP contribution >= 0.6 is 0 Å². The van der Waals surface area contributed by atoms with E-state index in [2.05, 4.69) is 25.7 Å². The first kappa shape index (κ1) is 17.8. The average molecular weight is 264 g/mol. The number of allylic oxidation sites excluding steroid dienone is 1. The van der Waals surface area contributed by atoms with Gasteiger partial charge in [0.15, 0.2) is 0 Å². The van der Waals surface area contributed by atoms with E-state index in [1.807, 2.05) is 0 Å². The van der Waals surface area contributed by atoms with Crippen molar-refractivity contribution in [3.8, 4) is 11.8 Å². The van der Waals surface area contributed by atoms with Crippen LogP contribution in [0.25, 0.3) is 0 Å². The Morgan fingerprint density at radius 1 is 1.00 bits per heavy atom. The van der Waals surface area contributed by atoms with Crippen molar-refractivity contribution < 1.29 is 9.90 Å². The highest BCUT2D eigenvalue weighted by Crippen LogP contribution is 2.10. The molecular weight excluding hydrogens is 236 g/mol. The maximum absolute atomic E-state index is 11.0. The summed E-state index contributed by atoms with van der Waals surface area (Å²) in [7, 11) is 0. The molecule has 0 fully saturated rings. The summed E-state index contributed by atoms with van der Waals surface area (Å²) >= 11 is 0. The van der Waals surface area contributed by atoms with Gasteiger partial charge in [0.1, 0.15) is 0 Å². The van der Waals surface area contributed by atoms with E-state index >= 15 is 0 Å². The van der Waals surface area contributed by atoms with E-state index in [1.54, 1.807) is 6.08 Å². The molecule has 2 nitrogen and oxygen atoms in total. The Hall–Kier alpha value is -1.23. The van der Waals surface area contributed by atoms with Crippen LogP contribution in [0.4, 0.5) is 0 Å². The summed E-state index contributed by atoms with van der Waals surface area (Å²) in [5, 5.41) is 9.07. The molecule has 0 spiro atoms. The third kappa shape index (κ3) is 11.6. The Kier molecular flexibility index (Phi) is 12.4. The molecule has 0 aromatic carbocycles. The normalized spacial score (nSPS) is 10.9. The van der Waals surface area contributed by atoms with Crippen molar-refractivity contribution in [3.63, 3.8) is 0 Å². The third-order valence-corrected chi connectivity index (χ3v) is 3.08. The van der Waals surface area contributed by atoms with Crippen LogP contribution < -0.4 is 0 Å².